The minimum atomic E-state index is -0.411. The highest BCUT2D eigenvalue weighted by molar-refractivity contribution is 14.1. The van der Waals surface area contributed by atoms with Crippen molar-refractivity contribution >= 4 is 63.1 Å². The quantitative estimate of drug-likeness (QED) is 0.198. The van der Waals surface area contributed by atoms with Gasteiger partial charge in [-0.05, 0) is 35.4 Å². The number of halogens is 2. The molecule has 3 aromatic heterocycles. The number of amides is 1. The third-order valence-electron chi connectivity index (χ3n) is 5.25. The van der Waals surface area contributed by atoms with Crippen LogP contribution in [0.5, 0.6) is 0 Å². The molecule has 0 spiro atoms. The molecule has 33 heavy (non-hydrogen) atoms. The molecule has 1 N–H and O–H groups in total. The summed E-state index contributed by atoms with van der Waals surface area (Å²) in [5, 5.41) is 4.32. The smallest absolute Gasteiger partial charge is 0.253 e. The van der Waals surface area contributed by atoms with Gasteiger partial charge < -0.3 is 5.32 Å². The molecule has 0 bridgehead atoms. The maximum absolute atomic E-state index is 14.8. The van der Waals surface area contributed by atoms with E-state index in [0.29, 0.717) is 39.6 Å². The fraction of sp³-hybridized carbons (Fsp3) is 0.0417. The predicted molar refractivity (Wildman–Crippen MR) is 136 cm³/mol. The van der Waals surface area contributed by atoms with Crippen LogP contribution in [-0.2, 0) is 9.06 Å². The molecule has 0 saturated carbocycles. The van der Waals surface area contributed by atoms with Crippen LogP contribution in [0, 0.1) is 5.82 Å². The zero-order chi connectivity index (χ0) is 22.8. The van der Waals surface area contributed by atoms with Crippen molar-refractivity contribution in [2.75, 3.05) is 0 Å². The van der Waals surface area contributed by atoms with Crippen LogP contribution >= 0.6 is 35.2 Å². The summed E-state index contributed by atoms with van der Waals surface area (Å²) in [7, 11) is 0. The molecule has 1 amide bonds. The van der Waals surface area contributed by atoms with E-state index in [4.69, 9.17) is 2.51 Å². The van der Waals surface area contributed by atoms with Gasteiger partial charge in [0.15, 0.2) is 5.65 Å². The van der Waals surface area contributed by atoms with Crippen LogP contribution < -0.4 is 5.32 Å². The number of carbonyl (C=O) groups excluding carboxylic acids is 1. The molecule has 0 aliphatic heterocycles. The van der Waals surface area contributed by atoms with Crippen molar-refractivity contribution in [1.29, 1.82) is 0 Å². The zero-order valence-corrected chi connectivity index (χ0v) is 20.0. The largest absolute Gasteiger partial charge is 0.348 e. The van der Waals surface area contributed by atoms with Crippen molar-refractivity contribution in [3.05, 3.63) is 96.2 Å². The SMILES string of the molecule is O=C(NCc1ccccc1)c1cnc2c(c1)c(-c1cc(F)c3ncccc3c1)cn2SOI. The van der Waals surface area contributed by atoms with Gasteiger partial charge in [-0.1, -0.05) is 36.4 Å². The van der Waals surface area contributed by atoms with E-state index in [9.17, 15) is 9.18 Å². The number of benzene rings is 2. The van der Waals surface area contributed by atoms with Gasteiger partial charge >= 0.3 is 0 Å². The summed E-state index contributed by atoms with van der Waals surface area (Å²) in [5.41, 5.74) is 3.74. The molecule has 0 unspecified atom stereocenters. The van der Waals surface area contributed by atoms with Gasteiger partial charge in [-0.2, -0.15) is 0 Å². The monoisotopic (exact) mass is 570 g/mol. The second-order valence-electron chi connectivity index (χ2n) is 7.30. The van der Waals surface area contributed by atoms with Crippen molar-refractivity contribution in [2.24, 2.45) is 0 Å². The van der Waals surface area contributed by atoms with Gasteiger partial charge in [0.25, 0.3) is 5.91 Å². The highest BCUT2D eigenvalue weighted by atomic mass is 127. The molecule has 0 saturated heterocycles. The maximum atomic E-state index is 14.8. The Labute approximate surface area is 207 Å². The van der Waals surface area contributed by atoms with Crippen molar-refractivity contribution < 1.29 is 11.7 Å². The van der Waals surface area contributed by atoms with Crippen LogP contribution in [0.15, 0.2) is 79.3 Å². The molecule has 9 heteroatoms. The van der Waals surface area contributed by atoms with Crippen LogP contribution in [0.3, 0.4) is 0 Å². The normalized spacial score (nSPS) is 11.2. The topological polar surface area (TPSA) is 69.0 Å². The van der Waals surface area contributed by atoms with Crippen LogP contribution in [0.2, 0.25) is 0 Å². The van der Waals surface area contributed by atoms with Gasteiger partial charge in [-0.3, -0.25) is 13.8 Å². The van der Waals surface area contributed by atoms with Crippen LogP contribution in [-0.4, -0.2) is 19.8 Å². The Balaban J connectivity index is 1.56. The minimum Gasteiger partial charge on any atom is -0.348 e. The molecule has 5 aromatic rings. The lowest BCUT2D eigenvalue weighted by molar-refractivity contribution is 0.0950. The molecule has 3 heterocycles. The van der Waals surface area contributed by atoms with Crippen molar-refractivity contribution in [3.63, 3.8) is 0 Å². The van der Waals surface area contributed by atoms with E-state index in [1.54, 1.807) is 45.3 Å². The average molecular weight is 570 g/mol. The summed E-state index contributed by atoms with van der Waals surface area (Å²) < 4.78 is 21.7. The van der Waals surface area contributed by atoms with E-state index < -0.39 is 5.82 Å². The Morgan fingerprint density at radius 2 is 1.97 bits per heavy atom. The number of fused-ring (bicyclic) bond motifs is 2. The second kappa shape index (κ2) is 9.46. The minimum absolute atomic E-state index is 0.237. The van der Waals surface area contributed by atoms with Crippen molar-refractivity contribution in [2.45, 2.75) is 6.54 Å². The van der Waals surface area contributed by atoms with E-state index in [-0.39, 0.29) is 5.91 Å². The number of aromatic nitrogens is 3. The Morgan fingerprint density at radius 3 is 2.79 bits per heavy atom. The second-order valence-corrected chi connectivity index (χ2v) is 9.05. The first kappa shape index (κ1) is 21.8. The fourth-order valence-electron chi connectivity index (χ4n) is 3.70. The first-order valence-corrected chi connectivity index (χ1v) is 11.6. The summed E-state index contributed by atoms with van der Waals surface area (Å²) >= 11 is 2.86. The molecule has 0 atom stereocenters. The number of nitrogens with zero attached hydrogens (tertiary/aromatic N) is 3. The number of nitrogens with one attached hydrogen (secondary N) is 1. The van der Waals surface area contributed by atoms with E-state index >= 15 is 0 Å². The first-order chi connectivity index (χ1) is 16.1. The third kappa shape index (κ3) is 4.43. The molecule has 0 aliphatic rings. The number of pyridine rings is 2. The lowest BCUT2D eigenvalue weighted by Crippen LogP contribution is -2.22. The molecule has 164 valence electrons. The molecule has 2 aromatic carbocycles. The molecular formula is C24H16FIN4O2S. The van der Waals surface area contributed by atoms with Gasteiger partial charge in [-0.25, -0.2) is 11.9 Å². The molecular weight excluding hydrogens is 554 g/mol. The van der Waals surface area contributed by atoms with Crippen LogP contribution in [0.1, 0.15) is 15.9 Å². The summed E-state index contributed by atoms with van der Waals surface area (Å²) in [6.07, 6.45) is 4.92. The van der Waals surface area contributed by atoms with E-state index in [2.05, 4.69) is 15.3 Å². The molecule has 0 radical (unpaired) electrons. The van der Waals surface area contributed by atoms with E-state index in [1.807, 2.05) is 48.7 Å². The van der Waals surface area contributed by atoms with Crippen molar-refractivity contribution in [1.82, 2.24) is 19.3 Å². The molecule has 0 fully saturated rings. The summed E-state index contributed by atoms with van der Waals surface area (Å²) in [5.74, 6) is -0.648. The van der Waals surface area contributed by atoms with Gasteiger partial charge in [0.2, 0.25) is 0 Å². The Morgan fingerprint density at radius 1 is 1.12 bits per heavy atom. The van der Waals surface area contributed by atoms with Gasteiger partial charge in [0, 0.05) is 41.5 Å². The third-order valence-corrected chi connectivity index (χ3v) is 6.23. The number of hydrogen-bond acceptors (Lipinski definition) is 5. The lowest BCUT2D eigenvalue weighted by Gasteiger charge is -2.07. The van der Waals surface area contributed by atoms with Crippen LogP contribution in [0.25, 0.3) is 33.1 Å². The Hall–Kier alpha value is -3.02. The van der Waals surface area contributed by atoms with E-state index in [0.717, 1.165) is 23.4 Å². The number of carbonyl (C=O) groups is 1. The zero-order valence-electron chi connectivity index (χ0n) is 17.0. The van der Waals surface area contributed by atoms with Crippen LogP contribution in [0.4, 0.5) is 4.39 Å². The predicted octanol–water partition coefficient (Wildman–Crippen LogP) is 6.10. The summed E-state index contributed by atoms with van der Waals surface area (Å²) in [6, 6.07) is 18.4. The fourth-order valence-corrected chi connectivity index (χ4v) is 4.65. The summed E-state index contributed by atoms with van der Waals surface area (Å²) in [4.78, 5) is 21.4. The maximum Gasteiger partial charge on any atom is 0.253 e. The lowest BCUT2D eigenvalue weighted by atomic mass is 10.0. The first-order valence-electron chi connectivity index (χ1n) is 9.97. The van der Waals surface area contributed by atoms with Gasteiger partial charge in [-0.15, -0.1) is 0 Å². The number of hydrogen-bond donors (Lipinski definition) is 1. The van der Waals surface area contributed by atoms with E-state index in [1.165, 1.54) is 12.3 Å². The Bertz CT molecular complexity index is 1480. The Kier molecular flexibility index (Phi) is 6.25. The molecule has 6 nitrogen and oxygen atoms in total. The van der Waals surface area contributed by atoms with Gasteiger partial charge in [0.05, 0.1) is 5.56 Å². The van der Waals surface area contributed by atoms with Crippen molar-refractivity contribution in [3.8, 4) is 11.1 Å². The average Bonchev–Trinajstić information content (AvgIpc) is 3.21. The summed E-state index contributed by atoms with van der Waals surface area (Å²) in [6.45, 7) is 0.410. The molecule has 5 rings (SSSR count). The highest BCUT2D eigenvalue weighted by Crippen LogP contribution is 2.35. The number of rotatable bonds is 6. The highest BCUT2D eigenvalue weighted by Gasteiger charge is 2.17. The molecule has 0 aliphatic carbocycles. The van der Waals surface area contributed by atoms with Gasteiger partial charge in [0.1, 0.15) is 46.6 Å². The standard InChI is InChI=1S/C24H16FIN4O2S/c25-21-11-17(9-16-7-4-8-27-22(16)21)20-14-30(33-32-26)23-19(20)10-18(13-28-23)24(31)29-12-15-5-2-1-3-6-15/h1-11,13-14H,12H2,(H,29,31).